The van der Waals surface area contributed by atoms with Gasteiger partial charge in [0.1, 0.15) is 18.1 Å². The summed E-state index contributed by atoms with van der Waals surface area (Å²) in [4.78, 5) is 10.8. The number of nitrogens with zero attached hydrogens (tertiary/aromatic N) is 1. The molecule has 6 heteroatoms. The minimum Gasteiger partial charge on any atom is -0.488 e. The van der Waals surface area contributed by atoms with Crippen molar-refractivity contribution in [3.63, 3.8) is 0 Å². The Morgan fingerprint density at radius 2 is 2.30 bits per heavy atom. The highest BCUT2D eigenvalue weighted by molar-refractivity contribution is 6.34. The molecular weight excluding hydrogens is 282 g/mol. The molecule has 0 atom stereocenters. The maximum absolute atomic E-state index is 10.8. The van der Waals surface area contributed by atoms with E-state index in [1.165, 1.54) is 6.07 Å². The monoisotopic (exact) mass is 293 g/mol. The van der Waals surface area contributed by atoms with Crippen LogP contribution in [0, 0.1) is 0 Å². The zero-order valence-electron chi connectivity index (χ0n) is 10.7. The smallest absolute Gasteiger partial charge is 0.374 e. The summed E-state index contributed by atoms with van der Waals surface area (Å²) in [5, 5.41) is 12.9. The third-order valence-corrected chi connectivity index (χ3v) is 2.82. The number of benzene rings is 1. The average molecular weight is 294 g/mol. The molecule has 0 bridgehead atoms. The number of aromatic nitrogens is 1. The van der Waals surface area contributed by atoms with Gasteiger partial charge in [-0.1, -0.05) is 35.5 Å². The Kier molecular flexibility index (Phi) is 4.10. The molecule has 0 fully saturated rings. The third kappa shape index (κ3) is 3.00. The maximum Gasteiger partial charge on any atom is 0.374 e. The van der Waals surface area contributed by atoms with Crippen LogP contribution in [0.2, 0.25) is 5.02 Å². The molecule has 0 aliphatic carbocycles. The lowest BCUT2D eigenvalue weighted by atomic mass is 10.1. The highest BCUT2D eigenvalue weighted by Crippen LogP contribution is 2.35. The summed E-state index contributed by atoms with van der Waals surface area (Å²) in [7, 11) is 0. The van der Waals surface area contributed by atoms with Crippen molar-refractivity contribution in [3.05, 3.63) is 47.2 Å². The van der Waals surface area contributed by atoms with Gasteiger partial charge >= 0.3 is 5.97 Å². The molecule has 1 aromatic heterocycles. The van der Waals surface area contributed by atoms with Gasteiger partial charge in [-0.2, -0.15) is 0 Å². The average Bonchev–Trinajstić information content (AvgIpc) is 2.87. The summed E-state index contributed by atoms with van der Waals surface area (Å²) >= 11 is 6.23. The molecule has 0 aliphatic heterocycles. The van der Waals surface area contributed by atoms with Gasteiger partial charge in [0, 0.05) is 11.6 Å². The van der Waals surface area contributed by atoms with Gasteiger partial charge in [-0.25, -0.2) is 4.79 Å². The molecule has 2 aromatic rings. The van der Waals surface area contributed by atoms with E-state index in [2.05, 4.69) is 11.7 Å². The second-order valence-electron chi connectivity index (χ2n) is 4.25. The quantitative estimate of drug-likeness (QED) is 0.852. The Morgan fingerprint density at radius 1 is 1.55 bits per heavy atom. The molecule has 0 amide bonds. The molecule has 5 nitrogen and oxygen atoms in total. The maximum atomic E-state index is 10.8. The van der Waals surface area contributed by atoms with Crippen molar-refractivity contribution in [3.8, 4) is 17.0 Å². The SMILES string of the molecule is C=C(C)COc1cccc(-c2cc(C(=O)O)on2)c1Cl. The summed E-state index contributed by atoms with van der Waals surface area (Å²) in [5.74, 6) is -0.953. The lowest BCUT2D eigenvalue weighted by Crippen LogP contribution is -1.98. The number of carbonyl (C=O) groups is 1. The number of rotatable bonds is 5. The van der Waals surface area contributed by atoms with E-state index in [1.54, 1.807) is 18.2 Å². The Balaban J connectivity index is 2.34. The molecule has 0 aliphatic rings. The number of hydrogen-bond donors (Lipinski definition) is 1. The first-order valence-corrected chi connectivity index (χ1v) is 6.13. The van der Waals surface area contributed by atoms with E-state index in [1.807, 2.05) is 6.92 Å². The van der Waals surface area contributed by atoms with Crippen molar-refractivity contribution in [2.24, 2.45) is 0 Å². The summed E-state index contributed by atoms with van der Waals surface area (Å²) in [5.41, 5.74) is 1.75. The van der Waals surface area contributed by atoms with E-state index in [4.69, 9.17) is 26.0 Å². The Hall–Kier alpha value is -2.27. The van der Waals surface area contributed by atoms with Gasteiger partial charge in [0.2, 0.25) is 5.76 Å². The van der Waals surface area contributed by atoms with E-state index in [0.29, 0.717) is 28.6 Å². The Bertz CT molecular complexity index is 663. The van der Waals surface area contributed by atoms with Crippen molar-refractivity contribution >= 4 is 17.6 Å². The minimum absolute atomic E-state index is 0.246. The van der Waals surface area contributed by atoms with Crippen molar-refractivity contribution in [1.82, 2.24) is 5.16 Å². The molecule has 0 saturated heterocycles. The van der Waals surface area contributed by atoms with E-state index < -0.39 is 5.97 Å². The van der Waals surface area contributed by atoms with Crippen LogP contribution in [0.3, 0.4) is 0 Å². The molecule has 20 heavy (non-hydrogen) atoms. The zero-order valence-corrected chi connectivity index (χ0v) is 11.5. The van der Waals surface area contributed by atoms with Gasteiger partial charge < -0.3 is 14.4 Å². The second-order valence-corrected chi connectivity index (χ2v) is 4.62. The van der Waals surface area contributed by atoms with E-state index >= 15 is 0 Å². The van der Waals surface area contributed by atoms with Gasteiger partial charge in [0.25, 0.3) is 0 Å². The number of carboxylic acids is 1. The Labute approximate surface area is 120 Å². The van der Waals surface area contributed by atoms with Crippen LogP contribution in [0.5, 0.6) is 5.75 Å². The fourth-order valence-corrected chi connectivity index (χ4v) is 1.80. The van der Waals surface area contributed by atoms with Gasteiger partial charge in [-0.15, -0.1) is 0 Å². The number of carboxylic acid groups (broad SMARTS) is 1. The molecule has 104 valence electrons. The van der Waals surface area contributed by atoms with E-state index in [-0.39, 0.29) is 5.76 Å². The first-order valence-electron chi connectivity index (χ1n) is 5.75. The van der Waals surface area contributed by atoms with Gasteiger partial charge in [-0.3, -0.25) is 0 Å². The second kappa shape index (κ2) is 5.79. The number of hydrogen-bond acceptors (Lipinski definition) is 4. The van der Waals surface area contributed by atoms with Crippen LogP contribution >= 0.6 is 11.6 Å². The molecule has 1 heterocycles. The zero-order chi connectivity index (χ0) is 14.7. The number of halogens is 1. The largest absolute Gasteiger partial charge is 0.488 e. The molecule has 1 aromatic carbocycles. The summed E-state index contributed by atoms with van der Waals surface area (Å²) in [6, 6.07) is 6.47. The van der Waals surface area contributed by atoms with Crippen molar-refractivity contribution in [1.29, 1.82) is 0 Å². The molecular formula is C14H12ClNO4. The molecule has 0 radical (unpaired) electrons. The van der Waals surface area contributed by atoms with E-state index in [9.17, 15) is 4.79 Å². The molecule has 0 unspecified atom stereocenters. The molecule has 1 N–H and O–H groups in total. The van der Waals surface area contributed by atoms with Crippen LogP contribution in [-0.4, -0.2) is 22.8 Å². The predicted octanol–water partition coefficient (Wildman–Crippen LogP) is 3.65. The van der Waals surface area contributed by atoms with Crippen molar-refractivity contribution in [2.75, 3.05) is 6.61 Å². The normalized spacial score (nSPS) is 10.3. The summed E-state index contributed by atoms with van der Waals surface area (Å²) in [6.45, 7) is 5.93. The fraction of sp³-hybridized carbons (Fsp3) is 0.143. The van der Waals surface area contributed by atoms with Gasteiger partial charge in [0.05, 0.1) is 5.02 Å². The van der Waals surface area contributed by atoms with Crippen LogP contribution in [0.1, 0.15) is 17.5 Å². The number of aromatic carboxylic acids is 1. The highest BCUT2D eigenvalue weighted by atomic mass is 35.5. The summed E-state index contributed by atoms with van der Waals surface area (Å²) in [6.07, 6.45) is 0. The van der Waals surface area contributed by atoms with Crippen LogP contribution in [0.4, 0.5) is 0 Å². The standard InChI is InChI=1S/C14H12ClNO4/c1-8(2)7-19-11-5-3-4-9(13(11)15)10-6-12(14(17)18)20-16-10/h3-6H,1,7H2,2H3,(H,17,18). The number of ether oxygens (including phenoxy) is 1. The van der Waals surface area contributed by atoms with Crippen LogP contribution in [-0.2, 0) is 0 Å². The van der Waals surface area contributed by atoms with Gasteiger partial charge in [0.15, 0.2) is 0 Å². The van der Waals surface area contributed by atoms with E-state index in [0.717, 1.165) is 5.57 Å². The Morgan fingerprint density at radius 3 is 2.90 bits per heavy atom. The van der Waals surface area contributed by atoms with Crippen LogP contribution in [0.15, 0.2) is 40.9 Å². The topological polar surface area (TPSA) is 72.6 Å². The molecule has 0 saturated carbocycles. The lowest BCUT2D eigenvalue weighted by Gasteiger charge is -2.09. The van der Waals surface area contributed by atoms with Gasteiger partial charge in [-0.05, 0) is 18.6 Å². The van der Waals surface area contributed by atoms with Crippen LogP contribution in [0.25, 0.3) is 11.3 Å². The fourth-order valence-electron chi connectivity index (χ4n) is 1.52. The van der Waals surface area contributed by atoms with Crippen molar-refractivity contribution in [2.45, 2.75) is 6.92 Å². The first kappa shape index (κ1) is 14.1. The first-order chi connectivity index (χ1) is 9.49. The highest BCUT2D eigenvalue weighted by Gasteiger charge is 2.16. The summed E-state index contributed by atoms with van der Waals surface area (Å²) < 4.78 is 10.2. The third-order valence-electron chi connectivity index (χ3n) is 2.43. The lowest BCUT2D eigenvalue weighted by molar-refractivity contribution is 0.0652. The predicted molar refractivity (Wildman–Crippen MR) is 74.2 cm³/mol. The molecule has 0 spiro atoms. The molecule has 2 rings (SSSR count). The minimum atomic E-state index is -1.19. The van der Waals surface area contributed by atoms with Crippen molar-refractivity contribution < 1.29 is 19.2 Å². The van der Waals surface area contributed by atoms with Crippen LogP contribution < -0.4 is 4.74 Å².